The third-order valence-electron chi connectivity index (χ3n) is 4.83. The van der Waals surface area contributed by atoms with Crippen LogP contribution in [0.5, 0.6) is 0 Å². The van der Waals surface area contributed by atoms with Gasteiger partial charge in [0.15, 0.2) is 0 Å². The maximum absolute atomic E-state index is 4.43. The Bertz CT molecular complexity index is 836. The van der Waals surface area contributed by atoms with Crippen molar-refractivity contribution in [3.05, 3.63) is 108 Å². The van der Waals surface area contributed by atoms with Gasteiger partial charge in [-0.05, 0) is 22.8 Å². The van der Waals surface area contributed by atoms with Gasteiger partial charge in [-0.1, -0.05) is 85.4 Å². The minimum atomic E-state index is 0.338. The summed E-state index contributed by atoms with van der Waals surface area (Å²) in [6, 6.07) is 30.1. The topological polar surface area (TPSA) is 3.24 Å². The van der Waals surface area contributed by atoms with Gasteiger partial charge in [-0.3, -0.25) is 0 Å². The van der Waals surface area contributed by atoms with Crippen molar-refractivity contribution in [2.45, 2.75) is 12.5 Å². The second kappa shape index (κ2) is 6.37. The molecule has 0 N–H and O–H groups in total. The van der Waals surface area contributed by atoms with Crippen molar-refractivity contribution in [2.24, 2.45) is 0 Å². The number of para-hydroxylation sites is 1. The van der Waals surface area contributed by atoms with E-state index in [4.69, 9.17) is 0 Å². The van der Waals surface area contributed by atoms with Crippen LogP contribution < -0.4 is 4.90 Å². The van der Waals surface area contributed by atoms with Gasteiger partial charge in [0, 0.05) is 30.3 Å². The molecule has 1 unspecified atom stereocenters. The fourth-order valence-electron chi connectivity index (χ4n) is 3.58. The van der Waals surface area contributed by atoms with Gasteiger partial charge in [0.05, 0.1) is 0 Å². The molecule has 0 aliphatic carbocycles. The van der Waals surface area contributed by atoms with Crippen molar-refractivity contribution in [2.75, 3.05) is 11.4 Å². The quantitative estimate of drug-likeness (QED) is 0.617. The van der Waals surface area contributed by atoms with Crippen molar-refractivity contribution >= 4 is 11.3 Å². The predicted molar refractivity (Wildman–Crippen MR) is 102 cm³/mol. The van der Waals surface area contributed by atoms with Gasteiger partial charge in [0.2, 0.25) is 0 Å². The summed E-state index contributed by atoms with van der Waals surface area (Å²) in [5.41, 5.74) is 6.47. The zero-order chi connectivity index (χ0) is 16.4. The summed E-state index contributed by atoms with van der Waals surface area (Å²) in [5, 5.41) is 0. The Labute approximate surface area is 143 Å². The summed E-state index contributed by atoms with van der Waals surface area (Å²) in [6.07, 6.45) is 0. The summed E-state index contributed by atoms with van der Waals surface area (Å²) in [4.78, 5) is 2.48. The van der Waals surface area contributed by atoms with Crippen LogP contribution in [-0.2, 0) is 6.54 Å². The summed E-state index contributed by atoms with van der Waals surface area (Å²) in [6.45, 7) is 6.32. The second-order valence-electron chi connectivity index (χ2n) is 6.37. The molecule has 1 heterocycles. The Balaban J connectivity index is 1.73. The zero-order valence-corrected chi connectivity index (χ0v) is 13.7. The molecule has 24 heavy (non-hydrogen) atoms. The summed E-state index contributed by atoms with van der Waals surface area (Å²) in [7, 11) is 0. The standard InChI is InChI=1S/C23H21N/c1-18-21-14-8-9-15-23(21)24(16-19-10-4-2-5-11-19)17-22(18)20-12-6-3-7-13-20/h2-15,22H,1,16-17H2. The fraction of sp³-hybridized carbons (Fsp3) is 0.130. The zero-order valence-electron chi connectivity index (χ0n) is 13.7. The first-order valence-corrected chi connectivity index (χ1v) is 8.45. The van der Waals surface area contributed by atoms with Crippen LogP contribution in [-0.4, -0.2) is 6.54 Å². The van der Waals surface area contributed by atoms with Gasteiger partial charge in [-0.25, -0.2) is 0 Å². The third-order valence-corrected chi connectivity index (χ3v) is 4.83. The lowest BCUT2D eigenvalue weighted by molar-refractivity contribution is 0.721. The number of nitrogens with zero attached hydrogens (tertiary/aromatic N) is 1. The number of benzene rings is 3. The van der Waals surface area contributed by atoms with Gasteiger partial charge in [-0.15, -0.1) is 0 Å². The number of hydrogen-bond acceptors (Lipinski definition) is 1. The molecule has 0 spiro atoms. The molecule has 118 valence electrons. The molecule has 1 nitrogen and oxygen atoms in total. The van der Waals surface area contributed by atoms with Gasteiger partial charge in [-0.2, -0.15) is 0 Å². The van der Waals surface area contributed by atoms with Crippen molar-refractivity contribution in [1.29, 1.82) is 0 Å². The van der Waals surface area contributed by atoms with Gasteiger partial charge in [0.1, 0.15) is 0 Å². The van der Waals surface area contributed by atoms with Crippen molar-refractivity contribution in [3.63, 3.8) is 0 Å². The van der Waals surface area contributed by atoms with Gasteiger partial charge in [0.25, 0.3) is 0 Å². The van der Waals surface area contributed by atoms with Crippen LogP contribution in [0.15, 0.2) is 91.5 Å². The van der Waals surface area contributed by atoms with Crippen LogP contribution in [0.4, 0.5) is 5.69 Å². The number of rotatable bonds is 3. The first-order valence-electron chi connectivity index (χ1n) is 8.45. The van der Waals surface area contributed by atoms with E-state index in [-0.39, 0.29) is 0 Å². The molecule has 1 aliphatic heterocycles. The van der Waals surface area contributed by atoms with E-state index in [1.165, 1.54) is 28.0 Å². The molecule has 0 saturated carbocycles. The fourth-order valence-corrected chi connectivity index (χ4v) is 3.58. The molecule has 1 atom stereocenters. The lowest BCUT2D eigenvalue weighted by Gasteiger charge is -2.38. The van der Waals surface area contributed by atoms with Crippen LogP contribution in [0.25, 0.3) is 5.57 Å². The smallest absolute Gasteiger partial charge is 0.0445 e. The van der Waals surface area contributed by atoms with Crippen molar-refractivity contribution < 1.29 is 0 Å². The van der Waals surface area contributed by atoms with Crippen molar-refractivity contribution in [3.8, 4) is 0 Å². The number of fused-ring (bicyclic) bond motifs is 1. The highest BCUT2D eigenvalue weighted by molar-refractivity contribution is 5.82. The number of anilines is 1. The molecule has 0 aromatic heterocycles. The maximum Gasteiger partial charge on any atom is 0.0445 e. The molecule has 0 radical (unpaired) electrons. The summed E-state index contributed by atoms with van der Waals surface area (Å²) < 4.78 is 0. The van der Waals surface area contributed by atoms with E-state index in [2.05, 4.69) is 96.4 Å². The maximum atomic E-state index is 4.43. The number of hydrogen-bond donors (Lipinski definition) is 0. The van der Waals surface area contributed by atoms with Crippen LogP contribution >= 0.6 is 0 Å². The average molecular weight is 311 g/mol. The monoisotopic (exact) mass is 311 g/mol. The Hall–Kier alpha value is -2.80. The SMILES string of the molecule is C=C1c2ccccc2N(Cc2ccccc2)CC1c1ccccc1. The van der Waals surface area contributed by atoms with E-state index in [9.17, 15) is 0 Å². The van der Waals surface area contributed by atoms with E-state index in [0.29, 0.717) is 5.92 Å². The Morgan fingerprint density at radius 2 is 1.42 bits per heavy atom. The van der Waals surface area contributed by atoms with Crippen LogP contribution in [0.3, 0.4) is 0 Å². The highest BCUT2D eigenvalue weighted by Gasteiger charge is 2.28. The lowest BCUT2D eigenvalue weighted by Crippen LogP contribution is -2.33. The predicted octanol–water partition coefficient (Wildman–Crippen LogP) is 5.50. The van der Waals surface area contributed by atoms with Gasteiger partial charge < -0.3 is 4.90 Å². The van der Waals surface area contributed by atoms with Gasteiger partial charge >= 0.3 is 0 Å². The Kier molecular flexibility index (Phi) is 3.92. The summed E-state index contributed by atoms with van der Waals surface area (Å²) in [5.74, 6) is 0.338. The lowest BCUT2D eigenvalue weighted by atomic mass is 9.83. The second-order valence-corrected chi connectivity index (χ2v) is 6.37. The van der Waals surface area contributed by atoms with E-state index < -0.39 is 0 Å². The molecule has 1 heteroatoms. The Morgan fingerprint density at radius 3 is 2.17 bits per heavy atom. The molecule has 0 bridgehead atoms. The van der Waals surface area contributed by atoms with E-state index in [1.54, 1.807) is 0 Å². The molecule has 3 aromatic rings. The van der Waals surface area contributed by atoms with E-state index in [0.717, 1.165) is 13.1 Å². The molecule has 3 aromatic carbocycles. The third kappa shape index (κ3) is 2.74. The molecule has 4 rings (SSSR count). The largest absolute Gasteiger partial charge is 0.366 e. The highest BCUT2D eigenvalue weighted by Crippen LogP contribution is 2.42. The first-order chi connectivity index (χ1) is 11.8. The Morgan fingerprint density at radius 1 is 0.792 bits per heavy atom. The molecule has 0 fully saturated rings. The molecule has 0 amide bonds. The average Bonchev–Trinajstić information content (AvgIpc) is 2.66. The molecular weight excluding hydrogens is 290 g/mol. The van der Waals surface area contributed by atoms with Crippen LogP contribution in [0.1, 0.15) is 22.6 Å². The van der Waals surface area contributed by atoms with Crippen molar-refractivity contribution in [1.82, 2.24) is 0 Å². The normalized spacial score (nSPS) is 16.8. The van der Waals surface area contributed by atoms with Crippen LogP contribution in [0, 0.1) is 0 Å². The molecular formula is C23H21N. The van der Waals surface area contributed by atoms with E-state index >= 15 is 0 Å². The van der Waals surface area contributed by atoms with Crippen LogP contribution in [0.2, 0.25) is 0 Å². The highest BCUT2D eigenvalue weighted by atomic mass is 15.1. The minimum absolute atomic E-state index is 0.338. The molecule has 0 saturated heterocycles. The molecule has 1 aliphatic rings. The summed E-state index contributed by atoms with van der Waals surface area (Å²) >= 11 is 0. The first kappa shape index (κ1) is 14.8. The minimum Gasteiger partial charge on any atom is -0.366 e. The van der Waals surface area contributed by atoms with E-state index in [1.807, 2.05) is 0 Å².